The standard InChI is InChI=1S/C46H44Cl3N13O4/c1-44(2,3)46(42(64)59-37-16-35(49)51-22-53-37,40-34-14-30(48)9-11-61(34)25-56-40)66-43(65)45(4,5)18-27-12-28(26-6-7-26)20-62-21-31(57-41(27)62)19-50-36-17-38(54-23-52-36)58-39(63)15-32-33-13-29(47)8-10-60(33)24-55-32/h8-14,16-17,20-26H,6-7,15,18-19H2,1-5H3,(H,51,53,59,64)(H2,50,52,54,58,63). The zero-order chi connectivity index (χ0) is 46.5. The maximum atomic E-state index is 14.9. The topological polar surface area (TPSA) is 200 Å². The second kappa shape index (κ2) is 17.3. The Kier molecular flexibility index (Phi) is 11.6. The highest BCUT2D eigenvalue weighted by molar-refractivity contribution is 6.31. The molecule has 0 aliphatic heterocycles. The monoisotopic (exact) mass is 947 g/mol. The van der Waals surface area contributed by atoms with Gasteiger partial charge in [-0.05, 0) is 74.4 Å². The van der Waals surface area contributed by atoms with Crippen LogP contribution in [0.3, 0.4) is 0 Å². The number of hydrogen-bond donors (Lipinski definition) is 3. The first-order valence-corrected chi connectivity index (χ1v) is 22.2. The van der Waals surface area contributed by atoms with Crippen LogP contribution < -0.4 is 16.0 Å². The van der Waals surface area contributed by atoms with E-state index >= 15 is 0 Å². The molecule has 1 saturated carbocycles. The molecule has 0 bridgehead atoms. The van der Waals surface area contributed by atoms with E-state index in [-0.39, 0.29) is 35.4 Å². The summed E-state index contributed by atoms with van der Waals surface area (Å²) in [5.74, 6) is -0.341. The van der Waals surface area contributed by atoms with Crippen molar-refractivity contribution < 1.29 is 19.1 Å². The molecule has 0 spiro atoms. The number of aromatic nitrogens is 10. The maximum Gasteiger partial charge on any atom is 0.313 e. The summed E-state index contributed by atoms with van der Waals surface area (Å²) in [4.78, 5) is 73.6. The van der Waals surface area contributed by atoms with Crippen molar-refractivity contribution in [1.29, 1.82) is 0 Å². The van der Waals surface area contributed by atoms with E-state index in [2.05, 4.69) is 53.1 Å². The summed E-state index contributed by atoms with van der Waals surface area (Å²) in [5, 5.41) is 10.0. The fourth-order valence-electron chi connectivity index (χ4n) is 8.01. The Balaban J connectivity index is 0.967. The van der Waals surface area contributed by atoms with E-state index < -0.39 is 28.3 Å². The van der Waals surface area contributed by atoms with Crippen LogP contribution in [0, 0.1) is 10.8 Å². The molecule has 0 aromatic carbocycles. The van der Waals surface area contributed by atoms with Crippen LogP contribution in [0.5, 0.6) is 0 Å². The average Bonchev–Trinajstić information content (AvgIpc) is 3.72. The van der Waals surface area contributed by atoms with E-state index in [1.54, 1.807) is 98.8 Å². The zero-order valence-electron chi connectivity index (χ0n) is 36.5. The summed E-state index contributed by atoms with van der Waals surface area (Å²) in [7, 11) is 0. The molecule has 338 valence electrons. The minimum Gasteiger partial charge on any atom is -0.441 e. The van der Waals surface area contributed by atoms with Crippen LogP contribution in [0.1, 0.15) is 81.6 Å². The highest BCUT2D eigenvalue weighted by Crippen LogP contribution is 2.47. The number of hydrogen-bond acceptors (Lipinski definition) is 12. The van der Waals surface area contributed by atoms with Crippen molar-refractivity contribution in [1.82, 2.24) is 48.1 Å². The smallest absolute Gasteiger partial charge is 0.313 e. The molecule has 17 nitrogen and oxygen atoms in total. The van der Waals surface area contributed by atoms with Gasteiger partial charge in [0.25, 0.3) is 5.91 Å². The predicted molar refractivity (Wildman–Crippen MR) is 250 cm³/mol. The van der Waals surface area contributed by atoms with Crippen molar-refractivity contribution in [2.24, 2.45) is 10.8 Å². The summed E-state index contributed by atoms with van der Waals surface area (Å²) in [6.45, 7) is 9.28. The number of halogens is 3. The lowest BCUT2D eigenvalue weighted by molar-refractivity contribution is -0.190. The highest BCUT2D eigenvalue weighted by Gasteiger charge is 2.58. The summed E-state index contributed by atoms with van der Waals surface area (Å²) in [5.41, 5.74) is 1.03. The number of pyridine rings is 3. The molecule has 66 heavy (non-hydrogen) atoms. The van der Waals surface area contributed by atoms with Gasteiger partial charge in [-0.3, -0.25) is 14.4 Å². The third-order valence-corrected chi connectivity index (χ3v) is 12.2. The van der Waals surface area contributed by atoms with Crippen LogP contribution in [0.25, 0.3) is 16.7 Å². The number of rotatable bonds is 14. The fraction of sp³-hybridized carbons (Fsp3) is 0.304. The van der Waals surface area contributed by atoms with Crippen LogP contribution in [-0.2, 0) is 44.1 Å². The van der Waals surface area contributed by atoms with Crippen molar-refractivity contribution in [2.75, 3.05) is 16.0 Å². The van der Waals surface area contributed by atoms with Gasteiger partial charge >= 0.3 is 5.97 Å². The Bertz CT molecular complexity index is 3190. The number of imidazole rings is 3. The number of amides is 2. The quantitative estimate of drug-likeness (QED) is 0.0694. The van der Waals surface area contributed by atoms with Gasteiger partial charge in [0.1, 0.15) is 46.6 Å². The molecular weight excluding hydrogens is 905 g/mol. The number of ether oxygens (including phenoxy) is 1. The van der Waals surface area contributed by atoms with Crippen molar-refractivity contribution in [3.63, 3.8) is 0 Å². The first-order valence-electron chi connectivity index (χ1n) is 21.1. The van der Waals surface area contributed by atoms with Gasteiger partial charge in [-0.2, -0.15) is 0 Å². The normalized spacial score (nSPS) is 14.1. The van der Waals surface area contributed by atoms with Gasteiger partial charge in [0, 0.05) is 52.4 Å². The van der Waals surface area contributed by atoms with Gasteiger partial charge in [0.2, 0.25) is 11.5 Å². The van der Waals surface area contributed by atoms with Crippen LogP contribution in [0.15, 0.2) is 92.6 Å². The number of nitrogens with zero attached hydrogens (tertiary/aromatic N) is 10. The summed E-state index contributed by atoms with van der Waals surface area (Å²) >= 11 is 18.8. The van der Waals surface area contributed by atoms with Crippen molar-refractivity contribution in [3.8, 4) is 0 Å². The van der Waals surface area contributed by atoms with Crippen LogP contribution >= 0.6 is 34.8 Å². The zero-order valence-corrected chi connectivity index (χ0v) is 38.8. The van der Waals surface area contributed by atoms with Crippen molar-refractivity contribution in [3.05, 3.63) is 136 Å². The third kappa shape index (κ3) is 8.97. The Labute approximate surface area is 393 Å². The number of nitrogens with one attached hydrogen (secondary N) is 3. The average molecular weight is 949 g/mol. The molecule has 1 fully saturated rings. The van der Waals surface area contributed by atoms with Crippen LogP contribution in [-0.4, -0.2) is 65.9 Å². The molecule has 1 aliphatic carbocycles. The largest absolute Gasteiger partial charge is 0.441 e. The molecule has 9 rings (SSSR count). The lowest BCUT2D eigenvalue weighted by atomic mass is 9.72. The van der Waals surface area contributed by atoms with E-state index in [1.807, 2.05) is 10.6 Å². The highest BCUT2D eigenvalue weighted by atomic mass is 35.5. The fourth-order valence-corrected chi connectivity index (χ4v) is 8.48. The lowest BCUT2D eigenvalue weighted by Gasteiger charge is -2.42. The molecule has 0 saturated heterocycles. The Morgan fingerprint density at radius 2 is 1.42 bits per heavy atom. The SMILES string of the molecule is CC(C)(Cc1cc(C2CC2)cn2cc(CNc3cc(NC(=O)Cc4ncn5ccc(Cl)cc45)ncn3)nc12)C(=O)OC(C(=O)Nc1cc(Cl)ncn1)(c1ncn2ccc(Cl)cc12)C(C)(C)C. The second-order valence-electron chi connectivity index (χ2n) is 18.0. The molecule has 20 heteroatoms. The van der Waals surface area contributed by atoms with Gasteiger partial charge in [0.15, 0.2) is 0 Å². The first-order chi connectivity index (χ1) is 31.5. The van der Waals surface area contributed by atoms with Crippen LogP contribution in [0.4, 0.5) is 17.5 Å². The van der Waals surface area contributed by atoms with Gasteiger partial charge in [0.05, 0.1) is 53.5 Å². The van der Waals surface area contributed by atoms with E-state index in [4.69, 9.17) is 49.5 Å². The summed E-state index contributed by atoms with van der Waals surface area (Å²) in [6.07, 6.45) is 15.7. The summed E-state index contributed by atoms with van der Waals surface area (Å²) < 4.78 is 12.1. The lowest BCUT2D eigenvalue weighted by Crippen LogP contribution is -2.55. The number of carbonyl (C=O) groups is 3. The number of anilines is 3. The maximum absolute atomic E-state index is 14.9. The molecule has 1 aliphatic rings. The van der Waals surface area contributed by atoms with Gasteiger partial charge in [-0.25, -0.2) is 34.9 Å². The molecule has 0 radical (unpaired) electrons. The Morgan fingerprint density at radius 3 is 2.14 bits per heavy atom. The number of esters is 1. The molecular formula is C46H44Cl3N13O4. The van der Waals surface area contributed by atoms with E-state index in [0.717, 1.165) is 29.5 Å². The molecule has 3 N–H and O–H groups in total. The number of carbonyl (C=O) groups excluding carboxylic acids is 3. The number of fused-ring (bicyclic) bond motifs is 3. The predicted octanol–water partition coefficient (Wildman–Crippen LogP) is 8.53. The van der Waals surface area contributed by atoms with Gasteiger partial charge in [-0.1, -0.05) is 61.6 Å². The molecule has 1 atom stereocenters. The Hall–Kier alpha value is -6.69. The molecule has 1 unspecified atom stereocenters. The van der Waals surface area contributed by atoms with Crippen molar-refractivity contribution >= 4 is 86.7 Å². The van der Waals surface area contributed by atoms with E-state index in [9.17, 15) is 14.4 Å². The minimum atomic E-state index is -2.01. The van der Waals surface area contributed by atoms with Gasteiger partial charge in [-0.15, -0.1) is 0 Å². The molecule has 8 aromatic rings. The first kappa shape index (κ1) is 44.5. The summed E-state index contributed by atoms with van der Waals surface area (Å²) in [6, 6.07) is 12.0. The van der Waals surface area contributed by atoms with Gasteiger partial charge < -0.3 is 33.9 Å². The Morgan fingerprint density at radius 1 is 0.758 bits per heavy atom. The minimum absolute atomic E-state index is 0.0220. The second-order valence-corrected chi connectivity index (χ2v) is 19.3. The van der Waals surface area contributed by atoms with E-state index in [1.165, 1.54) is 18.7 Å². The van der Waals surface area contributed by atoms with Crippen molar-refractivity contribution in [2.45, 2.75) is 78.4 Å². The van der Waals surface area contributed by atoms with Crippen LogP contribution in [0.2, 0.25) is 15.2 Å². The molecule has 2 amide bonds. The molecule has 8 heterocycles. The molecule has 8 aromatic heterocycles. The third-order valence-electron chi connectivity index (χ3n) is 11.6. The van der Waals surface area contributed by atoms with E-state index in [0.29, 0.717) is 56.7 Å².